The first-order chi connectivity index (χ1) is 7.96. The standard InChI is InChI=1S/C11H23ClNO3P/c1-6-13(7-2)11(12)10(5)17(14,15-8-3)16-9-4/h6-9H2,1-5H3/b11-10+. The van der Waals surface area contributed by atoms with Gasteiger partial charge in [0.2, 0.25) is 0 Å². The second-order valence-electron chi connectivity index (χ2n) is 3.38. The van der Waals surface area contributed by atoms with E-state index < -0.39 is 7.60 Å². The van der Waals surface area contributed by atoms with Gasteiger partial charge in [-0.15, -0.1) is 0 Å². The van der Waals surface area contributed by atoms with Gasteiger partial charge in [-0.2, -0.15) is 0 Å². The third kappa shape index (κ3) is 4.63. The molecule has 0 aliphatic rings. The minimum Gasteiger partial charge on any atom is -0.362 e. The van der Waals surface area contributed by atoms with E-state index >= 15 is 0 Å². The summed E-state index contributed by atoms with van der Waals surface area (Å²) >= 11 is 6.23. The zero-order valence-corrected chi connectivity index (χ0v) is 13.0. The van der Waals surface area contributed by atoms with Crippen molar-refractivity contribution >= 4 is 19.2 Å². The first kappa shape index (κ1) is 17.0. The van der Waals surface area contributed by atoms with E-state index in [1.165, 1.54) is 0 Å². The maximum Gasteiger partial charge on any atom is 0.360 e. The maximum absolute atomic E-state index is 12.5. The monoisotopic (exact) mass is 283 g/mol. The molecule has 0 atom stereocenters. The highest BCUT2D eigenvalue weighted by molar-refractivity contribution is 7.58. The van der Waals surface area contributed by atoms with Gasteiger partial charge in [0, 0.05) is 13.1 Å². The van der Waals surface area contributed by atoms with E-state index in [-0.39, 0.29) is 0 Å². The molecule has 0 aliphatic heterocycles. The summed E-state index contributed by atoms with van der Waals surface area (Å²) in [5.41, 5.74) is 0. The van der Waals surface area contributed by atoms with E-state index in [4.69, 9.17) is 20.6 Å². The fraction of sp³-hybridized carbons (Fsp3) is 0.818. The number of hydrogen-bond donors (Lipinski definition) is 0. The van der Waals surface area contributed by atoms with Gasteiger partial charge in [-0.05, 0) is 34.6 Å². The van der Waals surface area contributed by atoms with Crippen LogP contribution in [0.15, 0.2) is 10.5 Å². The van der Waals surface area contributed by atoms with Crippen molar-refractivity contribution in [3.05, 3.63) is 10.5 Å². The number of rotatable bonds is 8. The number of halogens is 1. The molecular formula is C11H23ClNO3P. The van der Waals surface area contributed by atoms with Crippen LogP contribution in [0.25, 0.3) is 0 Å². The van der Waals surface area contributed by atoms with Crippen LogP contribution < -0.4 is 0 Å². The van der Waals surface area contributed by atoms with Crippen molar-refractivity contribution in [3.8, 4) is 0 Å². The molecule has 0 unspecified atom stereocenters. The van der Waals surface area contributed by atoms with Gasteiger partial charge in [-0.1, -0.05) is 11.6 Å². The highest BCUT2D eigenvalue weighted by Gasteiger charge is 2.30. The predicted octanol–water partition coefficient (Wildman–Crippen LogP) is 4.02. The molecule has 0 aromatic rings. The van der Waals surface area contributed by atoms with Crippen LogP contribution in [0.5, 0.6) is 0 Å². The lowest BCUT2D eigenvalue weighted by atomic mass is 10.5. The summed E-state index contributed by atoms with van der Waals surface area (Å²) in [6.07, 6.45) is 0. The van der Waals surface area contributed by atoms with Gasteiger partial charge in [0.15, 0.2) is 0 Å². The molecule has 0 rings (SSSR count). The highest BCUT2D eigenvalue weighted by atomic mass is 35.5. The van der Waals surface area contributed by atoms with Crippen LogP contribution in [0.3, 0.4) is 0 Å². The molecule has 0 amide bonds. The van der Waals surface area contributed by atoms with Crippen LogP contribution >= 0.6 is 19.2 Å². The molecular weight excluding hydrogens is 261 g/mol. The average molecular weight is 284 g/mol. The van der Waals surface area contributed by atoms with Gasteiger partial charge < -0.3 is 13.9 Å². The third-order valence-corrected chi connectivity index (χ3v) is 5.23. The molecule has 0 saturated heterocycles. The molecule has 0 aliphatic carbocycles. The van der Waals surface area contributed by atoms with E-state index in [9.17, 15) is 4.57 Å². The quantitative estimate of drug-likeness (QED) is 0.498. The topological polar surface area (TPSA) is 38.8 Å². The molecule has 0 heterocycles. The van der Waals surface area contributed by atoms with Crippen molar-refractivity contribution in [2.45, 2.75) is 34.6 Å². The maximum atomic E-state index is 12.5. The Morgan fingerprint density at radius 3 is 1.82 bits per heavy atom. The molecule has 0 N–H and O–H groups in total. The summed E-state index contributed by atoms with van der Waals surface area (Å²) in [5.74, 6) is 0. The number of allylic oxidation sites excluding steroid dienone is 1. The largest absolute Gasteiger partial charge is 0.362 e. The number of nitrogens with zero attached hydrogens (tertiary/aromatic N) is 1. The van der Waals surface area contributed by atoms with Crippen LogP contribution in [-0.4, -0.2) is 31.2 Å². The molecule has 0 radical (unpaired) electrons. The zero-order valence-electron chi connectivity index (χ0n) is 11.3. The predicted molar refractivity (Wildman–Crippen MR) is 72.3 cm³/mol. The molecule has 0 aromatic heterocycles. The minimum absolute atomic E-state index is 0.330. The van der Waals surface area contributed by atoms with Crippen molar-refractivity contribution < 1.29 is 13.6 Å². The fourth-order valence-corrected chi connectivity index (χ4v) is 3.47. The first-order valence-electron chi connectivity index (χ1n) is 5.97. The van der Waals surface area contributed by atoms with Crippen LogP contribution in [0.4, 0.5) is 0 Å². The summed E-state index contributed by atoms with van der Waals surface area (Å²) in [6.45, 7) is 11.4. The lowest BCUT2D eigenvalue weighted by Crippen LogP contribution is -2.20. The van der Waals surface area contributed by atoms with Gasteiger partial charge in [0.05, 0.1) is 18.5 Å². The molecule has 102 valence electrons. The summed E-state index contributed by atoms with van der Waals surface area (Å²) in [6, 6.07) is 0. The second-order valence-corrected chi connectivity index (χ2v) is 5.92. The normalized spacial score (nSPS) is 13.5. The van der Waals surface area contributed by atoms with Crippen molar-refractivity contribution in [2.24, 2.45) is 0 Å². The lowest BCUT2D eigenvalue weighted by molar-refractivity contribution is 0.225. The van der Waals surface area contributed by atoms with Gasteiger partial charge in [-0.25, -0.2) is 0 Å². The Balaban J connectivity index is 5.23. The molecule has 0 aromatic carbocycles. The summed E-state index contributed by atoms with van der Waals surface area (Å²) < 4.78 is 23.0. The Labute approximate surface area is 109 Å². The van der Waals surface area contributed by atoms with Crippen molar-refractivity contribution in [1.82, 2.24) is 4.90 Å². The Kier molecular flexibility index (Phi) is 8.14. The molecule has 17 heavy (non-hydrogen) atoms. The fourth-order valence-electron chi connectivity index (χ4n) is 1.41. The Morgan fingerprint density at radius 1 is 1.12 bits per heavy atom. The van der Waals surface area contributed by atoms with E-state index in [2.05, 4.69) is 0 Å². The van der Waals surface area contributed by atoms with E-state index in [1.54, 1.807) is 20.8 Å². The Hall–Kier alpha value is -0.0200. The summed E-state index contributed by atoms with van der Waals surface area (Å²) in [5, 5.41) is 0.937. The van der Waals surface area contributed by atoms with Crippen LogP contribution in [0.1, 0.15) is 34.6 Å². The first-order valence-corrected chi connectivity index (χ1v) is 7.89. The van der Waals surface area contributed by atoms with E-state index in [0.29, 0.717) is 23.7 Å². The summed E-state index contributed by atoms with van der Waals surface area (Å²) in [4.78, 5) is 1.92. The molecule has 0 spiro atoms. The van der Waals surface area contributed by atoms with Crippen LogP contribution in [0.2, 0.25) is 0 Å². The Morgan fingerprint density at radius 2 is 1.53 bits per heavy atom. The molecule has 4 nitrogen and oxygen atoms in total. The number of hydrogen-bond acceptors (Lipinski definition) is 4. The molecule has 6 heteroatoms. The second kappa shape index (κ2) is 8.15. The SMILES string of the molecule is CCOP(=O)(OCC)/C(C)=C(\Cl)N(CC)CC. The van der Waals surface area contributed by atoms with Crippen molar-refractivity contribution in [1.29, 1.82) is 0 Å². The minimum atomic E-state index is -3.24. The average Bonchev–Trinajstić information content (AvgIpc) is 2.30. The zero-order chi connectivity index (χ0) is 13.5. The molecule has 0 bridgehead atoms. The third-order valence-electron chi connectivity index (χ3n) is 2.35. The van der Waals surface area contributed by atoms with E-state index in [1.807, 2.05) is 18.7 Å². The van der Waals surface area contributed by atoms with Gasteiger partial charge in [0.1, 0.15) is 5.16 Å². The van der Waals surface area contributed by atoms with Crippen molar-refractivity contribution in [2.75, 3.05) is 26.3 Å². The van der Waals surface area contributed by atoms with Gasteiger partial charge >= 0.3 is 7.60 Å². The van der Waals surface area contributed by atoms with Crippen LogP contribution in [0, 0.1) is 0 Å². The lowest BCUT2D eigenvalue weighted by Gasteiger charge is -2.25. The Bertz CT molecular complexity index is 293. The van der Waals surface area contributed by atoms with Crippen LogP contribution in [-0.2, 0) is 13.6 Å². The van der Waals surface area contributed by atoms with E-state index in [0.717, 1.165) is 13.1 Å². The van der Waals surface area contributed by atoms with Crippen molar-refractivity contribution in [3.63, 3.8) is 0 Å². The smallest absolute Gasteiger partial charge is 0.360 e. The van der Waals surface area contributed by atoms with Gasteiger partial charge in [-0.3, -0.25) is 4.57 Å². The highest BCUT2D eigenvalue weighted by Crippen LogP contribution is 2.57. The van der Waals surface area contributed by atoms with Gasteiger partial charge in [0.25, 0.3) is 0 Å². The summed E-state index contributed by atoms with van der Waals surface area (Å²) in [7, 11) is -3.24. The molecule has 0 saturated carbocycles. The molecule has 0 fully saturated rings.